The maximum Gasteiger partial charge on any atom is 0.504 e. The zero-order valence-electron chi connectivity index (χ0n) is 19.9. The van der Waals surface area contributed by atoms with Gasteiger partial charge in [-0.3, -0.25) is 9.59 Å². The lowest BCUT2D eigenvalue weighted by molar-refractivity contribution is -0.212. The first-order valence-electron chi connectivity index (χ1n) is 11.3. The Hall–Kier alpha value is -4.38. The number of fused-ring (bicyclic) bond motifs is 1. The number of pyridine rings is 2. The first kappa shape index (κ1) is 24.3. The maximum atomic E-state index is 13.1. The summed E-state index contributed by atoms with van der Waals surface area (Å²) in [6.45, 7) is 0.708. The summed E-state index contributed by atoms with van der Waals surface area (Å²) in [7, 11) is 3.14. The van der Waals surface area contributed by atoms with Gasteiger partial charge in [-0.1, -0.05) is 30.3 Å². The molecule has 0 atom stereocenters. The Morgan fingerprint density at radius 2 is 1.73 bits per heavy atom. The van der Waals surface area contributed by atoms with Gasteiger partial charge in [0.25, 0.3) is 11.1 Å². The van der Waals surface area contributed by atoms with Crippen LogP contribution in [0, 0.1) is 0 Å². The summed E-state index contributed by atoms with van der Waals surface area (Å²) >= 11 is 0. The van der Waals surface area contributed by atoms with Crippen LogP contribution < -0.4 is 11.1 Å². The van der Waals surface area contributed by atoms with Gasteiger partial charge in [0.2, 0.25) is 0 Å². The Morgan fingerprint density at radius 1 is 0.973 bits per heavy atom. The molecule has 0 saturated heterocycles. The molecule has 190 valence electrons. The van der Waals surface area contributed by atoms with Crippen molar-refractivity contribution in [1.82, 2.24) is 23.9 Å². The number of nitrogens with zero attached hydrogens (tertiary/aromatic N) is 4. The summed E-state index contributed by atoms with van der Waals surface area (Å²) < 4.78 is 47.2. The van der Waals surface area contributed by atoms with Crippen LogP contribution in [0.3, 0.4) is 0 Å². The van der Waals surface area contributed by atoms with Crippen LogP contribution in [0.1, 0.15) is 0 Å². The highest BCUT2D eigenvalue weighted by atomic mass is 19.4. The molecular weight excluding hydrogens is 487 g/mol. The number of aromatic nitrogens is 5. The summed E-state index contributed by atoms with van der Waals surface area (Å²) in [4.78, 5) is 28.9. The van der Waals surface area contributed by atoms with Crippen LogP contribution >= 0.6 is 0 Å². The van der Waals surface area contributed by atoms with Crippen LogP contribution in [-0.4, -0.2) is 37.6 Å². The summed E-state index contributed by atoms with van der Waals surface area (Å²) in [5.74, 6) is 0. The van der Waals surface area contributed by atoms with Crippen molar-refractivity contribution in [2.45, 2.75) is 12.8 Å². The third-order valence-corrected chi connectivity index (χ3v) is 6.16. The van der Waals surface area contributed by atoms with Gasteiger partial charge in [-0.2, -0.15) is 9.78 Å². The maximum absolute atomic E-state index is 13.1. The molecule has 0 amide bonds. The molecule has 37 heavy (non-hydrogen) atoms. The molecule has 4 heterocycles. The Morgan fingerprint density at radius 3 is 2.41 bits per heavy atom. The van der Waals surface area contributed by atoms with Gasteiger partial charge in [0.05, 0.1) is 12.8 Å². The molecule has 1 N–H and O–H groups in total. The summed E-state index contributed by atoms with van der Waals surface area (Å²) in [6, 6.07) is 12.6. The summed E-state index contributed by atoms with van der Waals surface area (Å²) in [5.41, 5.74) is 2.83. The number of benzene rings is 1. The molecule has 1 aromatic carbocycles. The number of halogens is 3. The molecule has 0 bridgehead atoms. The van der Waals surface area contributed by atoms with Crippen LogP contribution in [0.4, 0.5) is 13.2 Å². The van der Waals surface area contributed by atoms with Crippen LogP contribution in [0.15, 0.2) is 76.8 Å². The third kappa shape index (κ3) is 4.49. The molecule has 5 rings (SSSR count). The van der Waals surface area contributed by atoms with E-state index in [4.69, 9.17) is 4.74 Å². The number of methoxy groups -OCH3 is 1. The Kier molecular flexibility index (Phi) is 6.08. The summed E-state index contributed by atoms with van der Waals surface area (Å²) in [6.07, 6.45) is 0.644. The number of hydrogen-bond acceptors (Lipinski definition) is 4. The molecule has 8 nitrogen and oxygen atoms in total. The number of rotatable bonds is 6. The monoisotopic (exact) mass is 509 g/mol. The van der Waals surface area contributed by atoms with Crippen molar-refractivity contribution in [3.63, 3.8) is 0 Å². The van der Waals surface area contributed by atoms with Gasteiger partial charge >= 0.3 is 6.30 Å². The number of aromatic amines is 1. The number of aryl methyl sites for hydroxylation is 1. The van der Waals surface area contributed by atoms with E-state index in [0.29, 0.717) is 35.4 Å². The fourth-order valence-electron chi connectivity index (χ4n) is 4.31. The van der Waals surface area contributed by atoms with Gasteiger partial charge in [0, 0.05) is 73.1 Å². The lowest BCUT2D eigenvalue weighted by Gasteiger charge is -2.15. The second kappa shape index (κ2) is 9.25. The van der Waals surface area contributed by atoms with Crippen LogP contribution in [0.5, 0.6) is 0 Å². The van der Waals surface area contributed by atoms with Gasteiger partial charge < -0.3 is 18.9 Å². The molecule has 0 aliphatic rings. The topological polar surface area (TPSA) is 86.8 Å². The van der Waals surface area contributed by atoms with Crippen LogP contribution in [-0.2, 0) is 24.6 Å². The Labute approximate surface area is 208 Å². The van der Waals surface area contributed by atoms with Gasteiger partial charge in [-0.05, 0) is 17.2 Å². The highest BCUT2D eigenvalue weighted by molar-refractivity contribution is 6.00. The van der Waals surface area contributed by atoms with E-state index in [1.54, 1.807) is 37.2 Å². The normalized spacial score (nSPS) is 11.9. The molecule has 11 heteroatoms. The van der Waals surface area contributed by atoms with E-state index in [9.17, 15) is 22.8 Å². The predicted octanol–water partition coefficient (Wildman–Crippen LogP) is 4.35. The van der Waals surface area contributed by atoms with Crippen LogP contribution in [0.25, 0.3) is 44.4 Å². The largest absolute Gasteiger partial charge is 0.504 e. The zero-order valence-corrected chi connectivity index (χ0v) is 19.9. The first-order valence-corrected chi connectivity index (χ1v) is 11.3. The van der Waals surface area contributed by atoms with Crippen molar-refractivity contribution in [2.24, 2.45) is 7.05 Å². The predicted molar refractivity (Wildman–Crippen MR) is 133 cm³/mol. The lowest BCUT2D eigenvalue weighted by atomic mass is 9.95. The van der Waals surface area contributed by atoms with Gasteiger partial charge in [-0.15, -0.1) is 13.2 Å². The standard InChI is InChI=1S/C26H22F3N5O3/c1-32-14-21(18-11-23(35)33(8-9-37-2)15-20(18)16-6-4-3-5-7-16)19-10-22(31-24(19)25(32)36)17-12-30-34(13-17)26(27,28)29/h3-7,10-15,31H,8-9H2,1-2H3. The first-order chi connectivity index (χ1) is 17.7. The van der Waals surface area contributed by atoms with E-state index in [1.165, 1.54) is 10.6 Å². The average Bonchev–Trinajstić information content (AvgIpc) is 3.54. The average molecular weight is 509 g/mol. The SMILES string of the molecule is COCCn1cc(-c2ccccc2)c(-c2cn(C)c(=O)c3[nH]c(-c4cnn(C(F)(F)F)c4)cc23)cc1=O. The fourth-order valence-corrected chi connectivity index (χ4v) is 4.31. The minimum Gasteiger partial charge on any atom is -0.383 e. The number of alkyl halides is 3. The molecular formula is C26H22F3N5O3. The third-order valence-electron chi connectivity index (χ3n) is 6.16. The lowest BCUT2D eigenvalue weighted by Crippen LogP contribution is -2.22. The second-order valence-electron chi connectivity index (χ2n) is 8.56. The molecule has 0 aliphatic carbocycles. The summed E-state index contributed by atoms with van der Waals surface area (Å²) in [5, 5.41) is 3.86. The quantitative estimate of drug-likeness (QED) is 0.369. The Balaban J connectivity index is 1.76. The highest BCUT2D eigenvalue weighted by Gasteiger charge is 2.32. The minimum absolute atomic E-state index is 0.0972. The second-order valence-corrected chi connectivity index (χ2v) is 8.56. The van der Waals surface area contributed by atoms with E-state index in [-0.39, 0.29) is 26.9 Å². The Bertz CT molecular complexity index is 1710. The van der Waals surface area contributed by atoms with Crippen molar-refractivity contribution in [3.05, 3.63) is 88.0 Å². The van der Waals surface area contributed by atoms with Crippen LogP contribution in [0.2, 0.25) is 0 Å². The van der Waals surface area contributed by atoms with Crippen molar-refractivity contribution in [3.8, 4) is 33.5 Å². The van der Waals surface area contributed by atoms with Gasteiger partial charge in [0.1, 0.15) is 5.52 Å². The molecule has 0 radical (unpaired) electrons. The van der Waals surface area contributed by atoms with E-state index in [1.807, 2.05) is 30.3 Å². The molecule has 0 aliphatic heterocycles. The number of hydrogen-bond donors (Lipinski definition) is 1. The molecule has 0 spiro atoms. The van der Waals surface area contributed by atoms with Crippen molar-refractivity contribution in [2.75, 3.05) is 13.7 Å². The van der Waals surface area contributed by atoms with E-state index in [0.717, 1.165) is 23.5 Å². The van der Waals surface area contributed by atoms with Gasteiger partial charge in [0.15, 0.2) is 0 Å². The fraction of sp³-hybridized carbons (Fsp3) is 0.192. The van der Waals surface area contributed by atoms with Crippen molar-refractivity contribution in [1.29, 1.82) is 0 Å². The van der Waals surface area contributed by atoms with E-state index in [2.05, 4.69) is 10.1 Å². The van der Waals surface area contributed by atoms with Gasteiger partial charge in [-0.25, -0.2) is 0 Å². The highest BCUT2D eigenvalue weighted by Crippen LogP contribution is 2.36. The number of nitrogens with one attached hydrogen (secondary N) is 1. The van der Waals surface area contributed by atoms with Crippen molar-refractivity contribution >= 4 is 10.9 Å². The van der Waals surface area contributed by atoms with Crippen molar-refractivity contribution < 1.29 is 17.9 Å². The smallest absolute Gasteiger partial charge is 0.383 e. The minimum atomic E-state index is -4.66. The molecule has 0 unspecified atom stereocenters. The number of H-pyrrole nitrogens is 1. The molecule has 5 aromatic rings. The van der Waals surface area contributed by atoms with E-state index < -0.39 is 6.30 Å². The molecule has 0 fully saturated rings. The zero-order chi connectivity index (χ0) is 26.3. The number of ether oxygens (including phenoxy) is 1. The molecule has 0 saturated carbocycles. The van der Waals surface area contributed by atoms with E-state index >= 15 is 0 Å². The molecule has 4 aromatic heterocycles.